The average molecular weight is 502 g/mol. The zero-order valence-electron chi connectivity index (χ0n) is 19.9. The maximum atomic E-state index is 12.9. The number of hydrogen-bond acceptors (Lipinski definition) is 5. The Balaban J connectivity index is 1.62. The van der Waals surface area contributed by atoms with E-state index in [9.17, 15) is 24.6 Å². The summed E-state index contributed by atoms with van der Waals surface area (Å²) < 4.78 is 0. The summed E-state index contributed by atoms with van der Waals surface area (Å²) in [5.41, 5.74) is 3.56. The van der Waals surface area contributed by atoms with Crippen molar-refractivity contribution in [2.75, 3.05) is 13.1 Å². The molecule has 35 heavy (non-hydrogen) atoms. The molecule has 0 spiro atoms. The van der Waals surface area contributed by atoms with E-state index in [1.54, 1.807) is 13.0 Å². The van der Waals surface area contributed by atoms with Crippen LogP contribution in [0, 0.1) is 13.8 Å². The van der Waals surface area contributed by atoms with Crippen LogP contribution in [0.5, 0.6) is 0 Å². The first-order valence-electron chi connectivity index (χ1n) is 11.7. The minimum atomic E-state index is -1.30. The van der Waals surface area contributed by atoms with Crippen molar-refractivity contribution in [2.45, 2.75) is 57.7 Å². The number of rotatable bonds is 10. The third-order valence-electron chi connectivity index (χ3n) is 6.17. The van der Waals surface area contributed by atoms with Crippen LogP contribution in [-0.2, 0) is 16.0 Å². The Morgan fingerprint density at radius 1 is 1.20 bits per heavy atom. The molecule has 2 aromatic carbocycles. The zero-order chi connectivity index (χ0) is 25.5. The summed E-state index contributed by atoms with van der Waals surface area (Å²) >= 11 is 6.41. The fraction of sp³-hybridized carbons (Fsp3) is 0.423. The number of carbonyl (C=O) groups excluding carboxylic acids is 2. The molecule has 0 aromatic heterocycles. The maximum Gasteiger partial charge on any atom is 0.328 e. The fourth-order valence-corrected chi connectivity index (χ4v) is 4.63. The van der Waals surface area contributed by atoms with E-state index in [2.05, 4.69) is 16.0 Å². The summed E-state index contributed by atoms with van der Waals surface area (Å²) in [6.07, 6.45) is 2.00. The van der Waals surface area contributed by atoms with Crippen LogP contribution in [-0.4, -0.2) is 53.2 Å². The number of aliphatic carboxylic acids is 1. The van der Waals surface area contributed by atoms with Gasteiger partial charge in [0.05, 0.1) is 22.7 Å². The molecular weight excluding hydrogens is 470 g/mol. The Kier molecular flexibility index (Phi) is 9.26. The Labute approximate surface area is 210 Å². The summed E-state index contributed by atoms with van der Waals surface area (Å²) in [6.45, 7) is 4.21. The molecule has 0 radical (unpaired) electrons. The standard InChI is InChI=1S/C26H32ClN3O5/c1-15-5-3-6-18(11-15)22(31)9-8-17-12-16(2)23(19(27)13-17)25(33)30-21(26(34)35)14-29-24(32)20-7-4-10-28-20/h3,5-6,11-13,20-22,28,31H,4,7-10,14H2,1-2H3,(H,29,32)(H,30,33)(H,34,35)/t20-,21-,22?/m0/s1. The third-order valence-corrected chi connectivity index (χ3v) is 6.47. The van der Waals surface area contributed by atoms with Gasteiger partial charge in [-0.25, -0.2) is 4.79 Å². The molecule has 2 amide bonds. The number of aliphatic hydroxyl groups is 1. The van der Waals surface area contributed by atoms with Crippen LogP contribution in [0.3, 0.4) is 0 Å². The van der Waals surface area contributed by atoms with E-state index in [-0.39, 0.29) is 29.1 Å². The highest BCUT2D eigenvalue weighted by molar-refractivity contribution is 6.34. The molecule has 188 valence electrons. The maximum absolute atomic E-state index is 12.9. The van der Waals surface area contributed by atoms with E-state index in [1.165, 1.54) is 0 Å². The van der Waals surface area contributed by atoms with Gasteiger partial charge in [0.2, 0.25) is 5.91 Å². The van der Waals surface area contributed by atoms with E-state index in [0.29, 0.717) is 24.8 Å². The topological polar surface area (TPSA) is 128 Å². The van der Waals surface area contributed by atoms with Gasteiger partial charge < -0.3 is 26.2 Å². The highest BCUT2D eigenvalue weighted by Crippen LogP contribution is 2.26. The lowest BCUT2D eigenvalue weighted by Gasteiger charge is -2.19. The van der Waals surface area contributed by atoms with Crippen molar-refractivity contribution < 1.29 is 24.6 Å². The summed E-state index contributed by atoms with van der Waals surface area (Å²) in [7, 11) is 0. The Hall–Kier alpha value is -2.94. The Morgan fingerprint density at radius 2 is 1.97 bits per heavy atom. The van der Waals surface area contributed by atoms with Crippen LogP contribution in [0.2, 0.25) is 5.02 Å². The van der Waals surface area contributed by atoms with Crippen LogP contribution in [0.25, 0.3) is 0 Å². The molecule has 1 saturated heterocycles. The molecule has 1 heterocycles. The third kappa shape index (κ3) is 7.27. The second-order valence-electron chi connectivity index (χ2n) is 9.00. The van der Waals surface area contributed by atoms with E-state index in [0.717, 1.165) is 29.7 Å². The highest BCUT2D eigenvalue weighted by Gasteiger charge is 2.27. The van der Waals surface area contributed by atoms with E-state index in [1.807, 2.05) is 37.3 Å². The predicted octanol–water partition coefficient (Wildman–Crippen LogP) is 2.67. The second-order valence-corrected chi connectivity index (χ2v) is 9.40. The summed E-state index contributed by atoms with van der Waals surface area (Å²) in [5.74, 6) is -2.16. The molecule has 2 aromatic rings. The van der Waals surface area contributed by atoms with Gasteiger partial charge in [0, 0.05) is 6.54 Å². The molecule has 8 nitrogen and oxygen atoms in total. The number of halogens is 1. The molecule has 1 fully saturated rings. The Morgan fingerprint density at radius 3 is 2.60 bits per heavy atom. The van der Waals surface area contributed by atoms with Crippen LogP contribution < -0.4 is 16.0 Å². The van der Waals surface area contributed by atoms with Gasteiger partial charge in [0.1, 0.15) is 6.04 Å². The number of carboxylic acid groups (broad SMARTS) is 1. The Bertz CT molecular complexity index is 1060. The van der Waals surface area contributed by atoms with Crippen molar-refractivity contribution in [3.8, 4) is 0 Å². The van der Waals surface area contributed by atoms with Crippen molar-refractivity contribution in [3.05, 3.63) is 69.2 Å². The lowest BCUT2D eigenvalue weighted by molar-refractivity contribution is -0.139. The lowest BCUT2D eigenvalue weighted by Crippen LogP contribution is -2.51. The molecule has 0 bridgehead atoms. The van der Waals surface area contributed by atoms with Gasteiger partial charge in [-0.2, -0.15) is 0 Å². The first-order valence-corrected chi connectivity index (χ1v) is 12.1. The zero-order valence-corrected chi connectivity index (χ0v) is 20.7. The van der Waals surface area contributed by atoms with Crippen LogP contribution >= 0.6 is 11.6 Å². The molecular formula is C26H32ClN3O5. The van der Waals surface area contributed by atoms with Crippen LogP contribution in [0.15, 0.2) is 36.4 Å². The summed E-state index contributed by atoms with van der Waals surface area (Å²) in [4.78, 5) is 36.7. The first-order chi connectivity index (χ1) is 16.7. The minimum absolute atomic E-state index is 0.185. The number of carboxylic acids is 1. The molecule has 1 aliphatic heterocycles. The quantitative estimate of drug-likeness (QED) is 0.340. The monoisotopic (exact) mass is 501 g/mol. The van der Waals surface area contributed by atoms with Crippen LogP contribution in [0.1, 0.15) is 58.0 Å². The first kappa shape index (κ1) is 26.7. The van der Waals surface area contributed by atoms with Crippen molar-refractivity contribution in [1.29, 1.82) is 0 Å². The van der Waals surface area contributed by atoms with Crippen molar-refractivity contribution in [2.24, 2.45) is 0 Å². The number of benzene rings is 2. The van der Waals surface area contributed by atoms with Gasteiger partial charge in [-0.1, -0.05) is 47.5 Å². The van der Waals surface area contributed by atoms with Gasteiger partial charge in [0.25, 0.3) is 5.91 Å². The van der Waals surface area contributed by atoms with E-state index in [4.69, 9.17) is 11.6 Å². The lowest BCUT2D eigenvalue weighted by atomic mass is 9.97. The average Bonchev–Trinajstić information content (AvgIpc) is 3.34. The van der Waals surface area contributed by atoms with Crippen molar-refractivity contribution >= 4 is 29.4 Å². The SMILES string of the molecule is Cc1cccc(C(O)CCc2cc(C)c(C(=O)N[C@@H](CNC(=O)[C@@H]3CCCN3)C(=O)O)c(Cl)c2)c1. The largest absolute Gasteiger partial charge is 0.480 e. The number of aliphatic hydroxyl groups excluding tert-OH is 1. The molecule has 0 aliphatic carbocycles. The summed E-state index contributed by atoms with van der Waals surface area (Å²) in [6, 6.07) is 9.55. The molecule has 3 atom stereocenters. The number of aryl methyl sites for hydroxylation is 3. The number of nitrogens with one attached hydrogen (secondary N) is 3. The number of carbonyl (C=O) groups is 3. The molecule has 0 saturated carbocycles. The van der Waals surface area contributed by atoms with E-state index >= 15 is 0 Å². The molecule has 5 N–H and O–H groups in total. The van der Waals surface area contributed by atoms with Crippen LogP contribution in [0.4, 0.5) is 0 Å². The smallest absolute Gasteiger partial charge is 0.328 e. The summed E-state index contributed by atoms with van der Waals surface area (Å²) in [5, 5.41) is 28.3. The van der Waals surface area contributed by atoms with Crippen molar-refractivity contribution in [3.63, 3.8) is 0 Å². The molecule has 1 unspecified atom stereocenters. The number of hydrogen-bond donors (Lipinski definition) is 5. The molecule has 1 aliphatic rings. The predicted molar refractivity (Wildman–Crippen MR) is 134 cm³/mol. The number of amides is 2. The van der Waals surface area contributed by atoms with Gasteiger partial charge >= 0.3 is 5.97 Å². The van der Waals surface area contributed by atoms with Crippen molar-refractivity contribution in [1.82, 2.24) is 16.0 Å². The molecule has 9 heteroatoms. The normalized spacial score (nSPS) is 17.0. The highest BCUT2D eigenvalue weighted by atomic mass is 35.5. The van der Waals surface area contributed by atoms with Gasteiger partial charge in [-0.05, 0) is 68.8 Å². The fourth-order valence-electron chi connectivity index (χ4n) is 4.26. The van der Waals surface area contributed by atoms with Gasteiger partial charge in [-0.15, -0.1) is 0 Å². The second kappa shape index (κ2) is 12.2. The minimum Gasteiger partial charge on any atom is -0.480 e. The van der Waals surface area contributed by atoms with Gasteiger partial charge in [-0.3, -0.25) is 9.59 Å². The molecule has 3 rings (SSSR count). The van der Waals surface area contributed by atoms with Gasteiger partial charge in [0.15, 0.2) is 0 Å². The van der Waals surface area contributed by atoms with E-state index < -0.39 is 24.0 Å².